The smallest absolute Gasteiger partial charge is 0.184 e. The largest absolute Gasteiger partial charge is 0.493 e. The third-order valence-electron chi connectivity index (χ3n) is 1.92. The number of rotatable bonds is 3. The van der Waals surface area contributed by atoms with Crippen LogP contribution in [0.3, 0.4) is 0 Å². The Morgan fingerprint density at radius 1 is 1.60 bits per heavy atom. The highest BCUT2D eigenvalue weighted by Gasteiger charge is 2.22. The zero-order valence-corrected chi connectivity index (χ0v) is 9.97. The molecule has 0 amide bonds. The molecule has 0 radical (unpaired) electrons. The van der Waals surface area contributed by atoms with Crippen molar-refractivity contribution in [1.82, 2.24) is 0 Å². The Kier molecular flexibility index (Phi) is 3.82. The third kappa shape index (κ3) is 2.35. The Labute approximate surface area is 95.5 Å². The molecule has 0 aliphatic carbocycles. The summed E-state index contributed by atoms with van der Waals surface area (Å²) in [6.07, 6.45) is 0. The Morgan fingerprint density at radius 3 is 2.67 bits per heavy atom. The molecule has 1 atom stereocenters. The molecule has 0 saturated carbocycles. The molecule has 0 aromatic heterocycles. The fraction of sp³-hybridized carbons (Fsp3) is 0.300. The molecular formula is C10H11BrFNO2. The van der Waals surface area contributed by atoms with Crippen LogP contribution in [0.25, 0.3) is 0 Å². The molecule has 0 aliphatic heterocycles. The van der Waals surface area contributed by atoms with Crippen LogP contribution in [0.4, 0.5) is 4.39 Å². The second-order valence-corrected chi connectivity index (χ2v) is 3.94. The van der Waals surface area contributed by atoms with E-state index in [1.807, 2.05) is 0 Å². The van der Waals surface area contributed by atoms with Gasteiger partial charge in [-0.15, -0.1) is 0 Å². The van der Waals surface area contributed by atoms with Gasteiger partial charge in [-0.2, -0.15) is 0 Å². The van der Waals surface area contributed by atoms with Crippen molar-refractivity contribution in [2.75, 3.05) is 7.11 Å². The molecule has 1 aromatic carbocycles. The molecule has 1 unspecified atom stereocenters. The van der Waals surface area contributed by atoms with Crippen molar-refractivity contribution in [2.24, 2.45) is 5.73 Å². The molecular weight excluding hydrogens is 265 g/mol. The Hall–Kier alpha value is -0.940. The van der Waals surface area contributed by atoms with Crippen LogP contribution in [0.15, 0.2) is 16.6 Å². The molecule has 1 rings (SSSR count). The summed E-state index contributed by atoms with van der Waals surface area (Å²) >= 11 is 3.17. The molecule has 2 N–H and O–H groups in total. The van der Waals surface area contributed by atoms with E-state index in [9.17, 15) is 9.18 Å². The maximum atomic E-state index is 13.3. The van der Waals surface area contributed by atoms with Gasteiger partial charge in [0.1, 0.15) is 0 Å². The Balaban J connectivity index is 3.37. The number of carbonyl (C=O) groups excluding carboxylic acids is 1. The van der Waals surface area contributed by atoms with Gasteiger partial charge in [0.05, 0.1) is 18.7 Å². The molecule has 1 aromatic rings. The Bertz CT molecular complexity index is 393. The van der Waals surface area contributed by atoms with Gasteiger partial charge in [-0.3, -0.25) is 4.79 Å². The summed E-state index contributed by atoms with van der Waals surface area (Å²) in [6.45, 7) is 1.54. The van der Waals surface area contributed by atoms with Gasteiger partial charge in [-0.25, -0.2) is 4.39 Å². The summed E-state index contributed by atoms with van der Waals surface area (Å²) < 4.78 is 18.6. The van der Waals surface area contributed by atoms with Crippen LogP contribution in [-0.4, -0.2) is 18.9 Å². The molecule has 0 bridgehead atoms. The molecule has 3 nitrogen and oxygen atoms in total. The molecule has 0 aliphatic rings. The van der Waals surface area contributed by atoms with E-state index < -0.39 is 11.9 Å². The fourth-order valence-electron chi connectivity index (χ4n) is 1.19. The van der Waals surface area contributed by atoms with E-state index >= 15 is 0 Å². The number of methoxy groups -OCH3 is 1. The van der Waals surface area contributed by atoms with Crippen molar-refractivity contribution in [2.45, 2.75) is 13.0 Å². The number of hydrogen-bond acceptors (Lipinski definition) is 3. The first-order valence-electron chi connectivity index (χ1n) is 4.30. The highest BCUT2D eigenvalue weighted by Crippen LogP contribution is 2.30. The summed E-state index contributed by atoms with van der Waals surface area (Å²) in [5.74, 6) is -1.02. The maximum absolute atomic E-state index is 13.3. The van der Waals surface area contributed by atoms with Crippen molar-refractivity contribution < 1.29 is 13.9 Å². The van der Waals surface area contributed by atoms with Crippen molar-refractivity contribution in [3.05, 3.63) is 28.0 Å². The number of nitrogens with two attached hydrogens (primary N) is 1. The second kappa shape index (κ2) is 4.72. The lowest BCUT2D eigenvalue weighted by molar-refractivity contribution is 0.0963. The van der Waals surface area contributed by atoms with Crippen molar-refractivity contribution in [3.8, 4) is 5.75 Å². The first-order chi connectivity index (χ1) is 6.99. The zero-order valence-electron chi connectivity index (χ0n) is 8.38. The van der Waals surface area contributed by atoms with E-state index in [1.54, 1.807) is 6.92 Å². The summed E-state index contributed by atoms with van der Waals surface area (Å²) in [4.78, 5) is 11.7. The van der Waals surface area contributed by atoms with Gasteiger partial charge >= 0.3 is 0 Å². The average molecular weight is 276 g/mol. The van der Waals surface area contributed by atoms with E-state index in [0.29, 0.717) is 4.47 Å². The lowest BCUT2D eigenvalue weighted by atomic mass is 10.0. The predicted molar refractivity (Wildman–Crippen MR) is 58.6 cm³/mol. The van der Waals surface area contributed by atoms with Gasteiger partial charge in [-0.05, 0) is 35.0 Å². The van der Waals surface area contributed by atoms with Crippen LogP contribution in [-0.2, 0) is 0 Å². The van der Waals surface area contributed by atoms with E-state index in [1.165, 1.54) is 19.2 Å². The van der Waals surface area contributed by atoms with E-state index in [0.717, 1.165) is 0 Å². The number of hydrogen-bond donors (Lipinski definition) is 1. The normalized spacial score (nSPS) is 12.3. The van der Waals surface area contributed by atoms with Crippen molar-refractivity contribution >= 4 is 21.7 Å². The number of carbonyl (C=O) groups is 1. The molecule has 0 spiro atoms. The zero-order chi connectivity index (χ0) is 11.6. The molecule has 5 heteroatoms. The fourth-order valence-corrected chi connectivity index (χ4v) is 1.70. The number of ether oxygens (including phenoxy) is 1. The topological polar surface area (TPSA) is 52.3 Å². The minimum atomic E-state index is -0.697. The Morgan fingerprint density at radius 2 is 2.20 bits per heavy atom. The minimum absolute atomic E-state index is 0.0772. The lowest BCUT2D eigenvalue weighted by Gasteiger charge is -2.12. The summed E-state index contributed by atoms with van der Waals surface area (Å²) in [7, 11) is 1.31. The first kappa shape index (κ1) is 12.1. The molecule has 0 saturated heterocycles. The van der Waals surface area contributed by atoms with Gasteiger partial charge in [0.25, 0.3) is 0 Å². The highest BCUT2D eigenvalue weighted by atomic mass is 79.9. The second-order valence-electron chi connectivity index (χ2n) is 3.09. The van der Waals surface area contributed by atoms with E-state index in [2.05, 4.69) is 15.9 Å². The van der Waals surface area contributed by atoms with Crippen molar-refractivity contribution in [1.29, 1.82) is 0 Å². The number of halogens is 2. The van der Waals surface area contributed by atoms with Crippen LogP contribution in [0.5, 0.6) is 5.75 Å². The SMILES string of the molecule is COc1c(F)ccc(Br)c1C(=O)C(C)N. The quantitative estimate of drug-likeness (QED) is 0.860. The van der Waals surface area contributed by atoms with E-state index in [-0.39, 0.29) is 17.1 Å². The van der Waals surface area contributed by atoms with Gasteiger partial charge in [0.15, 0.2) is 17.3 Å². The number of benzene rings is 1. The monoisotopic (exact) mass is 275 g/mol. The van der Waals surface area contributed by atoms with Gasteiger partial charge in [0, 0.05) is 4.47 Å². The lowest BCUT2D eigenvalue weighted by Crippen LogP contribution is -2.27. The standard InChI is InChI=1S/C10H11BrFNO2/c1-5(13)9(14)8-6(11)3-4-7(12)10(8)15-2/h3-5H,13H2,1-2H3. The van der Waals surface area contributed by atoms with Gasteiger partial charge in [-0.1, -0.05) is 0 Å². The minimum Gasteiger partial charge on any atom is -0.493 e. The third-order valence-corrected chi connectivity index (χ3v) is 2.58. The van der Waals surface area contributed by atoms with E-state index in [4.69, 9.17) is 10.5 Å². The van der Waals surface area contributed by atoms with Crippen molar-refractivity contribution in [3.63, 3.8) is 0 Å². The summed E-state index contributed by atoms with van der Waals surface area (Å²) in [5.41, 5.74) is 5.61. The van der Waals surface area contributed by atoms with Gasteiger partial charge < -0.3 is 10.5 Å². The molecule has 82 valence electrons. The maximum Gasteiger partial charge on any atom is 0.184 e. The molecule has 0 heterocycles. The number of Topliss-reactive ketones (excluding diaryl/α,β-unsaturated/α-hetero) is 1. The van der Waals surface area contributed by atoms with Crippen LogP contribution in [0, 0.1) is 5.82 Å². The summed E-state index contributed by atoms with van der Waals surface area (Å²) in [6, 6.07) is 1.98. The number of ketones is 1. The first-order valence-corrected chi connectivity index (χ1v) is 5.10. The van der Waals surface area contributed by atoms with Gasteiger partial charge in [0.2, 0.25) is 0 Å². The molecule has 15 heavy (non-hydrogen) atoms. The molecule has 0 fully saturated rings. The van der Waals surface area contributed by atoms with Crippen LogP contribution < -0.4 is 10.5 Å². The summed E-state index contributed by atoms with van der Waals surface area (Å²) in [5, 5.41) is 0. The van der Waals surface area contributed by atoms with Crippen LogP contribution in [0.1, 0.15) is 17.3 Å². The van der Waals surface area contributed by atoms with Crippen LogP contribution >= 0.6 is 15.9 Å². The van der Waals surface area contributed by atoms with Crippen LogP contribution in [0.2, 0.25) is 0 Å². The predicted octanol–water partition coefficient (Wildman–Crippen LogP) is 2.13. The average Bonchev–Trinajstić information content (AvgIpc) is 2.19. The highest BCUT2D eigenvalue weighted by molar-refractivity contribution is 9.10.